The van der Waals surface area contributed by atoms with Gasteiger partial charge in [0.25, 0.3) is 0 Å². The largest absolute Gasteiger partial charge is 0.346 e. The van der Waals surface area contributed by atoms with Crippen LogP contribution in [-0.2, 0) is 11.2 Å². The lowest BCUT2D eigenvalue weighted by molar-refractivity contribution is -0.130. The summed E-state index contributed by atoms with van der Waals surface area (Å²) in [6.45, 7) is 4.99. The van der Waals surface area contributed by atoms with Gasteiger partial charge in [0.2, 0.25) is 5.91 Å². The number of carbonyl (C=O) groups is 1. The van der Waals surface area contributed by atoms with E-state index >= 15 is 0 Å². The highest BCUT2D eigenvalue weighted by molar-refractivity contribution is 9.11. The van der Waals surface area contributed by atoms with E-state index in [-0.39, 0.29) is 24.4 Å². The van der Waals surface area contributed by atoms with E-state index in [1.807, 2.05) is 11.9 Å². The summed E-state index contributed by atoms with van der Waals surface area (Å²) < 4.78 is 1.15. The fourth-order valence-corrected chi connectivity index (χ4v) is 3.42. The Bertz CT molecular complexity index is 426. The lowest BCUT2D eigenvalue weighted by Gasteiger charge is -2.21. The predicted octanol–water partition coefficient (Wildman–Crippen LogP) is 4.09. The maximum Gasteiger partial charge on any atom is 0.222 e. The zero-order valence-corrected chi connectivity index (χ0v) is 16.2. The van der Waals surface area contributed by atoms with Crippen LogP contribution in [0.1, 0.15) is 38.0 Å². The van der Waals surface area contributed by atoms with Crippen LogP contribution >= 0.6 is 39.7 Å². The van der Waals surface area contributed by atoms with Crippen LogP contribution in [0.4, 0.5) is 0 Å². The highest BCUT2D eigenvalue weighted by Gasteiger charge is 2.12. The molecule has 1 heterocycles. The Labute approximate surface area is 146 Å². The Morgan fingerprint density at radius 2 is 2.10 bits per heavy atom. The van der Waals surface area contributed by atoms with Gasteiger partial charge in [-0.1, -0.05) is 13.8 Å². The van der Waals surface area contributed by atoms with Crippen molar-refractivity contribution in [3.05, 3.63) is 20.8 Å². The second kappa shape index (κ2) is 10.6. The van der Waals surface area contributed by atoms with Gasteiger partial charge in [0.1, 0.15) is 0 Å². The number of thiophene rings is 1. The molecule has 3 nitrogen and oxygen atoms in total. The summed E-state index contributed by atoms with van der Waals surface area (Å²) >= 11 is 5.19. The minimum atomic E-state index is 0. The van der Waals surface area contributed by atoms with Crippen molar-refractivity contribution in [2.45, 2.75) is 45.6 Å². The van der Waals surface area contributed by atoms with Crippen LogP contribution < -0.4 is 5.73 Å². The SMILES string of the molecule is CC(C)C(N)CCN(C)C(=O)CCCc1ccc(Br)s1.Cl. The minimum absolute atomic E-state index is 0. The maximum atomic E-state index is 12.0. The second-order valence-electron chi connectivity index (χ2n) is 5.57. The van der Waals surface area contributed by atoms with Crippen molar-refractivity contribution in [1.82, 2.24) is 4.90 Å². The Morgan fingerprint density at radius 3 is 2.62 bits per heavy atom. The van der Waals surface area contributed by atoms with E-state index in [9.17, 15) is 4.79 Å². The molecular formula is C15H26BrClN2OS. The van der Waals surface area contributed by atoms with E-state index in [1.54, 1.807) is 11.3 Å². The number of aryl methyl sites for hydroxylation is 1. The van der Waals surface area contributed by atoms with Crippen molar-refractivity contribution >= 4 is 45.6 Å². The molecule has 122 valence electrons. The zero-order chi connectivity index (χ0) is 15.1. The number of nitrogens with two attached hydrogens (primary N) is 1. The lowest BCUT2D eigenvalue weighted by Crippen LogP contribution is -2.34. The van der Waals surface area contributed by atoms with Gasteiger partial charge in [-0.25, -0.2) is 0 Å². The molecule has 0 fully saturated rings. The summed E-state index contributed by atoms with van der Waals surface area (Å²) in [6, 6.07) is 4.35. The highest BCUT2D eigenvalue weighted by atomic mass is 79.9. The molecule has 1 unspecified atom stereocenters. The molecule has 0 bridgehead atoms. The zero-order valence-electron chi connectivity index (χ0n) is 13.0. The summed E-state index contributed by atoms with van der Waals surface area (Å²) in [5, 5.41) is 0. The monoisotopic (exact) mass is 396 g/mol. The number of carbonyl (C=O) groups excluding carboxylic acids is 1. The van der Waals surface area contributed by atoms with Crippen molar-refractivity contribution in [2.24, 2.45) is 11.7 Å². The van der Waals surface area contributed by atoms with Crippen molar-refractivity contribution in [3.8, 4) is 0 Å². The molecule has 1 amide bonds. The molecule has 0 aliphatic rings. The number of amides is 1. The van der Waals surface area contributed by atoms with Crippen molar-refractivity contribution in [1.29, 1.82) is 0 Å². The standard InChI is InChI=1S/C15H25BrN2OS.ClH/c1-11(2)13(17)9-10-18(3)15(19)6-4-5-12-7-8-14(16)20-12;/h7-8,11,13H,4-6,9-10,17H2,1-3H3;1H. The molecule has 21 heavy (non-hydrogen) atoms. The van der Waals surface area contributed by atoms with Crippen LogP contribution in [0.15, 0.2) is 15.9 Å². The number of nitrogens with zero attached hydrogens (tertiary/aromatic N) is 1. The van der Waals surface area contributed by atoms with Gasteiger partial charge in [0, 0.05) is 30.9 Å². The Morgan fingerprint density at radius 1 is 1.43 bits per heavy atom. The Kier molecular flexibility index (Phi) is 10.5. The first kappa shape index (κ1) is 20.9. The molecule has 6 heteroatoms. The fourth-order valence-electron chi connectivity index (χ4n) is 1.89. The first-order valence-electron chi connectivity index (χ1n) is 7.14. The van der Waals surface area contributed by atoms with Crippen LogP contribution in [-0.4, -0.2) is 30.4 Å². The summed E-state index contributed by atoms with van der Waals surface area (Å²) in [6.07, 6.45) is 3.37. The van der Waals surface area contributed by atoms with E-state index in [0.29, 0.717) is 12.3 Å². The quantitative estimate of drug-likeness (QED) is 0.718. The second-order valence-corrected chi connectivity index (χ2v) is 8.12. The molecule has 0 saturated carbocycles. The van der Waals surface area contributed by atoms with Crippen molar-refractivity contribution in [3.63, 3.8) is 0 Å². The number of hydrogen-bond donors (Lipinski definition) is 1. The molecule has 0 radical (unpaired) electrons. The number of halogens is 2. The topological polar surface area (TPSA) is 46.3 Å². The molecule has 0 spiro atoms. The van der Waals surface area contributed by atoms with Crippen LogP contribution in [0.2, 0.25) is 0 Å². The average molecular weight is 398 g/mol. The molecule has 2 N–H and O–H groups in total. The van der Waals surface area contributed by atoms with Gasteiger partial charge in [-0.2, -0.15) is 0 Å². The van der Waals surface area contributed by atoms with Crippen molar-refractivity contribution < 1.29 is 4.79 Å². The number of rotatable bonds is 8. The first-order valence-corrected chi connectivity index (χ1v) is 8.75. The molecule has 0 saturated heterocycles. The molecule has 1 rings (SSSR count). The smallest absolute Gasteiger partial charge is 0.222 e. The highest BCUT2D eigenvalue weighted by Crippen LogP contribution is 2.23. The number of hydrogen-bond acceptors (Lipinski definition) is 3. The molecule has 0 aromatic carbocycles. The summed E-state index contributed by atoms with van der Waals surface area (Å²) in [5.74, 6) is 0.687. The molecule has 0 aliphatic carbocycles. The van der Waals surface area contributed by atoms with Gasteiger partial charge in [-0.3, -0.25) is 4.79 Å². The molecular weight excluding hydrogens is 372 g/mol. The molecule has 1 atom stereocenters. The molecule has 1 aromatic rings. The molecule has 1 aromatic heterocycles. The Hall–Kier alpha value is -0.100. The third-order valence-corrected chi connectivity index (χ3v) is 5.21. The van der Waals surface area contributed by atoms with Crippen LogP contribution in [0.25, 0.3) is 0 Å². The van der Waals surface area contributed by atoms with Gasteiger partial charge in [-0.05, 0) is 53.2 Å². The maximum absolute atomic E-state index is 12.0. The average Bonchev–Trinajstić information content (AvgIpc) is 2.80. The van der Waals surface area contributed by atoms with Gasteiger partial charge in [0.15, 0.2) is 0 Å². The summed E-state index contributed by atoms with van der Waals surface area (Å²) in [7, 11) is 1.87. The molecule has 0 aliphatic heterocycles. The third kappa shape index (κ3) is 8.19. The third-order valence-electron chi connectivity index (χ3n) is 3.52. The van der Waals surface area contributed by atoms with Crippen LogP contribution in [0, 0.1) is 5.92 Å². The fraction of sp³-hybridized carbons (Fsp3) is 0.667. The van der Waals surface area contributed by atoms with Gasteiger partial charge >= 0.3 is 0 Å². The predicted molar refractivity (Wildman–Crippen MR) is 97.3 cm³/mol. The Balaban J connectivity index is 0.00000400. The van der Waals surface area contributed by atoms with E-state index in [1.165, 1.54) is 4.88 Å². The lowest BCUT2D eigenvalue weighted by atomic mass is 10.0. The van der Waals surface area contributed by atoms with E-state index < -0.39 is 0 Å². The van der Waals surface area contributed by atoms with Crippen molar-refractivity contribution in [2.75, 3.05) is 13.6 Å². The van der Waals surface area contributed by atoms with Gasteiger partial charge in [0.05, 0.1) is 3.79 Å². The van der Waals surface area contributed by atoms with Crippen LogP contribution in [0.3, 0.4) is 0 Å². The summed E-state index contributed by atoms with van der Waals surface area (Å²) in [4.78, 5) is 15.1. The van der Waals surface area contributed by atoms with Gasteiger partial charge in [-0.15, -0.1) is 23.7 Å². The normalized spacial score (nSPS) is 12.1. The van der Waals surface area contributed by atoms with E-state index in [2.05, 4.69) is 41.9 Å². The van der Waals surface area contributed by atoms with E-state index in [4.69, 9.17) is 5.73 Å². The summed E-state index contributed by atoms with van der Waals surface area (Å²) in [5.41, 5.74) is 6.00. The first-order chi connectivity index (χ1) is 9.40. The van der Waals surface area contributed by atoms with E-state index in [0.717, 1.165) is 29.6 Å². The van der Waals surface area contributed by atoms with Crippen LogP contribution in [0.5, 0.6) is 0 Å². The van der Waals surface area contributed by atoms with Gasteiger partial charge < -0.3 is 10.6 Å². The minimum Gasteiger partial charge on any atom is -0.346 e.